The van der Waals surface area contributed by atoms with E-state index < -0.39 is 0 Å². The monoisotopic (exact) mass is 269 g/mol. The van der Waals surface area contributed by atoms with Crippen molar-refractivity contribution in [3.05, 3.63) is 23.6 Å². The van der Waals surface area contributed by atoms with Crippen LogP contribution in [0.2, 0.25) is 0 Å². The quantitative estimate of drug-likeness (QED) is 0.907. The minimum Gasteiger partial charge on any atom is -0.355 e. The lowest BCUT2D eigenvalue weighted by molar-refractivity contribution is 0.612. The van der Waals surface area contributed by atoms with Crippen molar-refractivity contribution in [2.24, 2.45) is 0 Å². The van der Waals surface area contributed by atoms with Crippen molar-refractivity contribution in [3.63, 3.8) is 0 Å². The van der Waals surface area contributed by atoms with Gasteiger partial charge in [0.25, 0.3) is 0 Å². The fourth-order valence-electron chi connectivity index (χ4n) is 2.11. The van der Waals surface area contributed by atoms with Gasteiger partial charge < -0.3 is 10.2 Å². The van der Waals surface area contributed by atoms with Gasteiger partial charge in [0, 0.05) is 31.0 Å². The third kappa shape index (κ3) is 3.59. The van der Waals surface area contributed by atoms with Gasteiger partial charge in [0.1, 0.15) is 11.6 Å². The molecule has 0 spiro atoms. The number of hydrogen-bond acceptors (Lipinski definition) is 4. The number of hydrogen-bond donors (Lipinski definition) is 1. The van der Waals surface area contributed by atoms with E-state index in [-0.39, 0.29) is 5.82 Å². The van der Waals surface area contributed by atoms with Crippen molar-refractivity contribution < 1.29 is 4.39 Å². The average molecular weight is 269 g/mol. The predicted octanol–water partition coefficient (Wildman–Crippen LogP) is 2.27. The maximum Gasteiger partial charge on any atom is 0.141 e. The number of aromatic nitrogens is 1. The number of anilines is 1. The van der Waals surface area contributed by atoms with Gasteiger partial charge in [0.15, 0.2) is 0 Å². The molecule has 1 aliphatic rings. The zero-order valence-corrected chi connectivity index (χ0v) is 11.6. The summed E-state index contributed by atoms with van der Waals surface area (Å²) in [4.78, 5) is 6.58. The Bertz CT molecular complexity index is 378. The Labute approximate surface area is 112 Å². The summed E-state index contributed by atoms with van der Waals surface area (Å²) in [6.07, 6.45) is 2.49. The molecule has 0 bridgehead atoms. The van der Waals surface area contributed by atoms with Crippen molar-refractivity contribution in [1.29, 1.82) is 0 Å². The second-order valence-electron chi connectivity index (χ2n) is 4.37. The summed E-state index contributed by atoms with van der Waals surface area (Å²) in [6.45, 7) is 5.63. The van der Waals surface area contributed by atoms with E-state index >= 15 is 0 Å². The molecule has 0 aliphatic carbocycles. The van der Waals surface area contributed by atoms with Crippen LogP contribution >= 0.6 is 11.8 Å². The first-order chi connectivity index (χ1) is 8.81. The highest BCUT2D eigenvalue weighted by molar-refractivity contribution is 7.99. The molecule has 3 nitrogen and oxygen atoms in total. The van der Waals surface area contributed by atoms with Crippen molar-refractivity contribution in [2.75, 3.05) is 36.0 Å². The van der Waals surface area contributed by atoms with Crippen LogP contribution in [0.15, 0.2) is 12.3 Å². The third-order valence-corrected chi connectivity index (χ3v) is 4.05. The zero-order valence-electron chi connectivity index (χ0n) is 10.8. The number of nitrogens with zero attached hydrogens (tertiary/aromatic N) is 2. The minimum atomic E-state index is -0.254. The molecule has 0 amide bonds. The Hall–Kier alpha value is -0.810. The van der Waals surface area contributed by atoms with Crippen LogP contribution in [0.4, 0.5) is 10.2 Å². The van der Waals surface area contributed by atoms with Gasteiger partial charge >= 0.3 is 0 Å². The molecule has 100 valence electrons. The summed E-state index contributed by atoms with van der Waals surface area (Å²) in [5.74, 6) is 3.02. The van der Waals surface area contributed by atoms with Crippen LogP contribution in [0, 0.1) is 5.82 Å². The molecule has 0 aromatic carbocycles. The van der Waals surface area contributed by atoms with Crippen molar-refractivity contribution >= 4 is 17.6 Å². The molecule has 1 aliphatic heterocycles. The molecular weight excluding hydrogens is 249 g/mol. The van der Waals surface area contributed by atoms with Gasteiger partial charge in [-0.15, -0.1) is 0 Å². The van der Waals surface area contributed by atoms with Gasteiger partial charge in [0.05, 0.1) is 6.20 Å². The molecular formula is C13H20FN3S. The maximum absolute atomic E-state index is 13.3. The normalized spacial score (nSPS) is 16.7. The van der Waals surface area contributed by atoms with E-state index in [0.717, 1.165) is 36.8 Å². The summed E-state index contributed by atoms with van der Waals surface area (Å²) >= 11 is 1.98. The smallest absolute Gasteiger partial charge is 0.141 e. The Balaban J connectivity index is 2.18. The number of halogens is 1. The van der Waals surface area contributed by atoms with E-state index in [2.05, 4.69) is 22.1 Å². The highest BCUT2D eigenvalue weighted by Crippen LogP contribution is 2.21. The molecule has 1 N–H and O–H groups in total. The van der Waals surface area contributed by atoms with Crippen molar-refractivity contribution in [2.45, 2.75) is 19.9 Å². The van der Waals surface area contributed by atoms with Gasteiger partial charge in [-0.05, 0) is 24.8 Å². The fraction of sp³-hybridized carbons (Fsp3) is 0.615. The Morgan fingerprint density at radius 2 is 2.33 bits per heavy atom. The van der Waals surface area contributed by atoms with Gasteiger partial charge in [-0.25, -0.2) is 9.37 Å². The van der Waals surface area contributed by atoms with Crippen LogP contribution < -0.4 is 10.2 Å². The molecule has 18 heavy (non-hydrogen) atoms. The Morgan fingerprint density at radius 3 is 3.17 bits per heavy atom. The first-order valence-electron chi connectivity index (χ1n) is 6.49. The lowest BCUT2D eigenvalue weighted by atomic mass is 10.2. The van der Waals surface area contributed by atoms with Crippen LogP contribution in [0.25, 0.3) is 0 Å². The van der Waals surface area contributed by atoms with Crippen LogP contribution in [0.3, 0.4) is 0 Å². The van der Waals surface area contributed by atoms with E-state index in [1.165, 1.54) is 18.4 Å². The predicted molar refractivity (Wildman–Crippen MR) is 75.7 cm³/mol. The first kappa shape index (κ1) is 13.6. The molecule has 5 heteroatoms. The van der Waals surface area contributed by atoms with Crippen LogP contribution in [0.5, 0.6) is 0 Å². The summed E-state index contributed by atoms with van der Waals surface area (Å²) < 4.78 is 13.3. The highest BCUT2D eigenvalue weighted by atomic mass is 32.2. The standard InChI is InChI=1S/C13H20FN3S/c1-2-15-9-11-8-12(14)10-16-13(11)17-4-3-6-18-7-5-17/h8,10,15H,2-7,9H2,1H3. The molecule has 0 saturated carbocycles. The van der Waals surface area contributed by atoms with Gasteiger partial charge in [-0.1, -0.05) is 6.92 Å². The molecule has 0 unspecified atom stereocenters. The van der Waals surface area contributed by atoms with E-state index in [0.29, 0.717) is 6.54 Å². The largest absolute Gasteiger partial charge is 0.355 e. The number of thioether (sulfide) groups is 1. The molecule has 0 radical (unpaired) electrons. The zero-order chi connectivity index (χ0) is 12.8. The molecule has 1 fully saturated rings. The SMILES string of the molecule is CCNCc1cc(F)cnc1N1CCCSCC1. The second-order valence-corrected chi connectivity index (χ2v) is 5.59. The third-order valence-electron chi connectivity index (χ3n) is 3.00. The molecule has 0 atom stereocenters. The fourth-order valence-corrected chi connectivity index (χ4v) is 2.99. The van der Waals surface area contributed by atoms with Crippen LogP contribution in [-0.4, -0.2) is 36.1 Å². The van der Waals surface area contributed by atoms with Crippen molar-refractivity contribution in [3.8, 4) is 0 Å². The van der Waals surface area contributed by atoms with Crippen LogP contribution in [-0.2, 0) is 6.54 Å². The summed E-state index contributed by atoms with van der Waals surface area (Å²) in [5.41, 5.74) is 0.962. The average Bonchev–Trinajstić information content (AvgIpc) is 2.65. The lowest BCUT2D eigenvalue weighted by Crippen LogP contribution is -2.28. The number of rotatable bonds is 4. The Morgan fingerprint density at radius 1 is 1.44 bits per heavy atom. The molecule has 1 aromatic rings. The Kier molecular flexibility index (Phi) is 5.26. The summed E-state index contributed by atoms with van der Waals surface area (Å²) in [7, 11) is 0. The minimum absolute atomic E-state index is 0.254. The van der Waals surface area contributed by atoms with Crippen LogP contribution in [0.1, 0.15) is 18.9 Å². The topological polar surface area (TPSA) is 28.2 Å². The van der Waals surface area contributed by atoms with Gasteiger partial charge in [0.2, 0.25) is 0 Å². The molecule has 1 aromatic heterocycles. The maximum atomic E-state index is 13.3. The van der Waals surface area contributed by atoms with Gasteiger partial charge in [-0.3, -0.25) is 0 Å². The molecule has 2 heterocycles. The number of pyridine rings is 1. The first-order valence-corrected chi connectivity index (χ1v) is 7.64. The van der Waals surface area contributed by atoms with E-state index in [1.807, 2.05) is 11.8 Å². The summed E-state index contributed by atoms with van der Waals surface area (Å²) in [6, 6.07) is 1.60. The van der Waals surface area contributed by atoms with Crippen molar-refractivity contribution in [1.82, 2.24) is 10.3 Å². The van der Waals surface area contributed by atoms with Gasteiger partial charge in [-0.2, -0.15) is 11.8 Å². The molecule has 2 rings (SSSR count). The number of nitrogens with one attached hydrogen (secondary N) is 1. The van der Waals surface area contributed by atoms with E-state index in [4.69, 9.17) is 0 Å². The lowest BCUT2D eigenvalue weighted by Gasteiger charge is -2.23. The second kappa shape index (κ2) is 6.95. The van der Waals surface area contributed by atoms with E-state index in [9.17, 15) is 4.39 Å². The highest BCUT2D eigenvalue weighted by Gasteiger charge is 2.15. The van der Waals surface area contributed by atoms with E-state index in [1.54, 1.807) is 6.07 Å². The molecule has 1 saturated heterocycles. The summed E-state index contributed by atoms with van der Waals surface area (Å²) in [5, 5.41) is 3.25.